The van der Waals surface area contributed by atoms with E-state index in [2.05, 4.69) is 22.2 Å². The maximum absolute atomic E-state index is 12.7. The van der Waals surface area contributed by atoms with Gasteiger partial charge in [0.2, 0.25) is 0 Å². The summed E-state index contributed by atoms with van der Waals surface area (Å²) in [5.41, 5.74) is 3.76. The van der Waals surface area contributed by atoms with E-state index in [0.29, 0.717) is 35.9 Å². The molecule has 0 atom stereocenters. The van der Waals surface area contributed by atoms with E-state index in [1.165, 1.54) is 0 Å². The molecule has 0 aliphatic rings. The molecule has 150 valence electrons. The molecular weight excluding hydrogens is 376 g/mol. The molecule has 6 nitrogen and oxygen atoms in total. The van der Waals surface area contributed by atoms with E-state index in [4.69, 9.17) is 9.40 Å². The Kier molecular flexibility index (Phi) is 5.57. The molecule has 0 unspecified atom stereocenters. The average Bonchev–Trinajstić information content (AvgIpc) is 3.21. The summed E-state index contributed by atoms with van der Waals surface area (Å²) in [6.07, 6.45) is 3.50. The number of para-hydroxylation sites is 1. The normalized spacial score (nSPS) is 10.7. The van der Waals surface area contributed by atoms with Gasteiger partial charge < -0.3 is 15.1 Å². The Bertz CT molecular complexity index is 1170. The van der Waals surface area contributed by atoms with Gasteiger partial charge in [-0.05, 0) is 42.8 Å². The molecular formula is C24H22N4O2. The Balaban J connectivity index is 1.67. The van der Waals surface area contributed by atoms with Crippen molar-refractivity contribution in [3.05, 3.63) is 90.3 Å². The smallest absolute Gasteiger partial charge is 0.255 e. The molecule has 0 saturated heterocycles. The highest BCUT2D eigenvalue weighted by Gasteiger charge is 2.16. The number of rotatable bonds is 7. The highest BCUT2D eigenvalue weighted by Crippen LogP contribution is 2.28. The number of pyridine rings is 2. The van der Waals surface area contributed by atoms with Crippen LogP contribution in [0.4, 0.5) is 5.82 Å². The topological polar surface area (TPSA) is 80.0 Å². The van der Waals surface area contributed by atoms with Gasteiger partial charge in [-0.15, -0.1) is 0 Å². The van der Waals surface area contributed by atoms with Crippen LogP contribution in [0.1, 0.15) is 22.8 Å². The summed E-state index contributed by atoms with van der Waals surface area (Å²) < 4.78 is 5.94. The molecule has 0 radical (unpaired) electrons. The molecule has 0 aliphatic heterocycles. The number of carbonyl (C=O) groups excluding carboxylic acids is 1. The van der Waals surface area contributed by atoms with Crippen LogP contribution < -0.4 is 10.6 Å². The van der Waals surface area contributed by atoms with Gasteiger partial charge in [-0.2, -0.15) is 0 Å². The molecule has 0 bridgehead atoms. The maximum Gasteiger partial charge on any atom is 0.255 e. The first-order valence-electron chi connectivity index (χ1n) is 9.65. The molecule has 3 aromatic heterocycles. The summed E-state index contributed by atoms with van der Waals surface area (Å²) in [5, 5.41) is 7.13. The van der Waals surface area contributed by atoms with Gasteiger partial charge in [0.1, 0.15) is 17.1 Å². The minimum absolute atomic E-state index is 0.213. The molecule has 1 amide bonds. The van der Waals surface area contributed by atoms with Crippen molar-refractivity contribution in [2.24, 2.45) is 0 Å². The first-order valence-corrected chi connectivity index (χ1v) is 9.65. The zero-order valence-corrected chi connectivity index (χ0v) is 16.7. The third-order valence-corrected chi connectivity index (χ3v) is 4.55. The number of hydrogen-bond donors (Lipinski definition) is 2. The standard InChI is InChI=1S/C24H22N4O2/c1-16(2)13-27-24(29)19-9-10-20(22-12-18-7-3-4-8-21(18)30-22)28-23(19)26-15-17-6-5-11-25-14-17/h3-12,14H,1,13,15H2,2H3,(H,26,28)(H,27,29). The number of anilines is 1. The van der Waals surface area contributed by atoms with Gasteiger partial charge in [-0.25, -0.2) is 4.98 Å². The second-order valence-electron chi connectivity index (χ2n) is 7.10. The number of nitrogens with one attached hydrogen (secondary N) is 2. The fourth-order valence-electron chi connectivity index (χ4n) is 3.04. The third kappa shape index (κ3) is 4.38. The Hall–Kier alpha value is -3.93. The first-order chi connectivity index (χ1) is 14.6. The largest absolute Gasteiger partial charge is 0.454 e. The fourth-order valence-corrected chi connectivity index (χ4v) is 3.04. The van der Waals surface area contributed by atoms with Crippen LogP contribution in [0.2, 0.25) is 0 Å². The monoisotopic (exact) mass is 398 g/mol. The highest BCUT2D eigenvalue weighted by atomic mass is 16.3. The second-order valence-corrected chi connectivity index (χ2v) is 7.10. The molecule has 2 N–H and O–H groups in total. The number of furan rings is 1. The van der Waals surface area contributed by atoms with E-state index in [1.54, 1.807) is 24.5 Å². The van der Waals surface area contributed by atoms with Crippen LogP contribution in [0.3, 0.4) is 0 Å². The van der Waals surface area contributed by atoms with Crippen molar-refractivity contribution >= 4 is 22.7 Å². The van der Waals surface area contributed by atoms with Crippen LogP contribution in [0.25, 0.3) is 22.4 Å². The van der Waals surface area contributed by atoms with Crippen LogP contribution in [0.5, 0.6) is 0 Å². The SMILES string of the molecule is C=C(C)CNC(=O)c1ccc(-c2cc3ccccc3o2)nc1NCc1cccnc1. The fraction of sp³-hybridized carbons (Fsp3) is 0.125. The lowest BCUT2D eigenvalue weighted by atomic mass is 10.1. The predicted octanol–water partition coefficient (Wildman–Crippen LogP) is 4.81. The Labute approximate surface area is 174 Å². The van der Waals surface area contributed by atoms with Gasteiger partial charge in [-0.3, -0.25) is 9.78 Å². The van der Waals surface area contributed by atoms with E-state index in [-0.39, 0.29) is 5.91 Å². The van der Waals surface area contributed by atoms with Crippen LogP contribution in [0.15, 0.2) is 83.6 Å². The number of carbonyl (C=O) groups is 1. The van der Waals surface area contributed by atoms with Gasteiger partial charge in [0.15, 0.2) is 5.76 Å². The summed E-state index contributed by atoms with van der Waals surface area (Å²) in [7, 11) is 0. The second kappa shape index (κ2) is 8.61. The van der Waals surface area contributed by atoms with Gasteiger partial charge in [0.05, 0.1) is 5.56 Å². The number of amides is 1. The van der Waals surface area contributed by atoms with Gasteiger partial charge >= 0.3 is 0 Å². The van der Waals surface area contributed by atoms with E-state index in [9.17, 15) is 4.79 Å². The Morgan fingerprint density at radius 3 is 2.77 bits per heavy atom. The lowest BCUT2D eigenvalue weighted by Gasteiger charge is -2.13. The van der Waals surface area contributed by atoms with Gasteiger partial charge in [0, 0.05) is 30.9 Å². The van der Waals surface area contributed by atoms with Gasteiger partial charge in [-0.1, -0.05) is 36.4 Å². The minimum Gasteiger partial charge on any atom is -0.454 e. The summed E-state index contributed by atoms with van der Waals surface area (Å²) in [5.74, 6) is 0.917. The zero-order valence-electron chi connectivity index (χ0n) is 16.7. The van der Waals surface area contributed by atoms with E-state index < -0.39 is 0 Å². The van der Waals surface area contributed by atoms with Crippen molar-refractivity contribution in [1.29, 1.82) is 0 Å². The number of fused-ring (bicyclic) bond motifs is 1. The Morgan fingerprint density at radius 2 is 2.00 bits per heavy atom. The van der Waals surface area contributed by atoms with Gasteiger partial charge in [0.25, 0.3) is 5.91 Å². The van der Waals surface area contributed by atoms with Crippen molar-refractivity contribution in [2.45, 2.75) is 13.5 Å². The molecule has 0 saturated carbocycles. The van der Waals surface area contributed by atoms with E-state index in [0.717, 1.165) is 22.1 Å². The molecule has 6 heteroatoms. The molecule has 30 heavy (non-hydrogen) atoms. The van der Waals surface area contributed by atoms with Crippen molar-refractivity contribution in [1.82, 2.24) is 15.3 Å². The number of nitrogens with zero attached hydrogens (tertiary/aromatic N) is 2. The third-order valence-electron chi connectivity index (χ3n) is 4.55. The molecule has 0 spiro atoms. The maximum atomic E-state index is 12.7. The number of hydrogen-bond acceptors (Lipinski definition) is 5. The molecule has 1 aromatic carbocycles. The van der Waals surface area contributed by atoms with Crippen LogP contribution >= 0.6 is 0 Å². The minimum atomic E-state index is -0.213. The van der Waals surface area contributed by atoms with Crippen LogP contribution in [-0.2, 0) is 6.54 Å². The molecule has 0 fully saturated rings. The lowest BCUT2D eigenvalue weighted by Crippen LogP contribution is -2.26. The average molecular weight is 398 g/mol. The zero-order chi connectivity index (χ0) is 20.9. The van der Waals surface area contributed by atoms with Crippen LogP contribution in [-0.4, -0.2) is 22.4 Å². The summed E-state index contributed by atoms with van der Waals surface area (Å²) in [6.45, 7) is 6.59. The lowest BCUT2D eigenvalue weighted by molar-refractivity contribution is 0.0957. The van der Waals surface area contributed by atoms with Crippen LogP contribution in [0, 0.1) is 0 Å². The van der Waals surface area contributed by atoms with E-state index in [1.807, 2.05) is 49.4 Å². The molecule has 4 rings (SSSR count). The molecule has 0 aliphatic carbocycles. The van der Waals surface area contributed by atoms with Crippen molar-refractivity contribution in [3.8, 4) is 11.5 Å². The summed E-state index contributed by atoms with van der Waals surface area (Å²) in [6, 6.07) is 17.1. The number of benzene rings is 1. The number of aromatic nitrogens is 2. The van der Waals surface area contributed by atoms with Crippen molar-refractivity contribution in [2.75, 3.05) is 11.9 Å². The highest BCUT2D eigenvalue weighted by molar-refractivity contribution is 5.99. The Morgan fingerprint density at radius 1 is 1.13 bits per heavy atom. The summed E-state index contributed by atoms with van der Waals surface area (Å²) >= 11 is 0. The quantitative estimate of drug-likeness (QED) is 0.437. The summed E-state index contributed by atoms with van der Waals surface area (Å²) in [4.78, 5) is 21.5. The first kappa shape index (κ1) is 19.4. The predicted molar refractivity (Wildman–Crippen MR) is 118 cm³/mol. The van der Waals surface area contributed by atoms with Crippen molar-refractivity contribution < 1.29 is 9.21 Å². The molecule has 3 heterocycles. The van der Waals surface area contributed by atoms with Crippen molar-refractivity contribution in [3.63, 3.8) is 0 Å². The van der Waals surface area contributed by atoms with E-state index >= 15 is 0 Å². The molecule has 4 aromatic rings.